The third-order valence-corrected chi connectivity index (χ3v) is 5.41. The van der Waals surface area contributed by atoms with Crippen LogP contribution in [0.25, 0.3) is 10.9 Å². The molecule has 0 radical (unpaired) electrons. The zero-order valence-corrected chi connectivity index (χ0v) is 18.3. The van der Waals surface area contributed by atoms with E-state index in [2.05, 4.69) is 15.6 Å². The molecule has 0 saturated heterocycles. The van der Waals surface area contributed by atoms with Gasteiger partial charge in [-0.2, -0.15) is 0 Å². The lowest BCUT2D eigenvalue weighted by atomic mass is 9.95. The smallest absolute Gasteiger partial charge is 0.338 e. The fourth-order valence-electron chi connectivity index (χ4n) is 3.65. The predicted octanol–water partition coefficient (Wildman–Crippen LogP) is 3.23. The molecule has 1 aliphatic rings. The topological polar surface area (TPSA) is 102 Å². The van der Waals surface area contributed by atoms with Crippen LogP contribution in [-0.4, -0.2) is 28.2 Å². The third-order valence-electron chi connectivity index (χ3n) is 5.16. The molecule has 1 unspecified atom stereocenters. The minimum atomic E-state index is -0.763. The van der Waals surface area contributed by atoms with Crippen molar-refractivity contribution in [3.63, 3.8) is 0 Å². The molecule has 3 aromatic rings. The van der Waals surface area contributed by atoms with Crippen molar-refractivity contribution in [2.45, 2.75) is 26.4 Å². The van der Waals surface area contributed by atoms with Crippen LogP contribution in [0, 0.1) is 6.92 Å². The fourth-order valence-corrected chi connectivity index (χ4v) is 3.78. The number of halogens is 1. The van der Waals surface area contributed by atoms with Crippen molar-refractivity contribution in [3.05, 3.63) is 86.6 Å². The molecule has 8 nitrogen and oxygen atoms in total. The second-order valence-electron chi connectivity index (χ2n) is 7.39. The minimum Gasteiger partial charge on any atom is -0.463 e. The molecule has 2 N–H and O–H groups in total. The number of carbonyl (C=O) groups excluding carboxylic acids is 2. The minimum absolute atomic E-state index is 0.0542. The number of benzene rings is 2. The first-order valence-electron chi connectivity index (χ1n) is 10.1. The lowest BCUT2D eigenvalue weighted by molar-refractivity contribution is -0.139. The molecule has 0 bridgehead atoms. The average Bonchev–Trinajstić information content (AvgIpc) is 2.76. The van der Waals surface area contributed by atoms with Gasteiger partial charge in [0.1, 0.15) is 0 Å². The van der Waals surface area contributed by atoms with E-state index in [1.54, 1.807) is 43.3 Å². The number of fused-ring (bicyclic) bond motifs is 1. The first kappa shape index (κ1) is 21.6. The first-order chi connectivity index (χ1) is 15.4. The Hall–Kier alpha value is -3.65. The van der Waals surface area contributed by atoms with Crippen LogP contribution < -0.4 is 16.2 Å². The van der Waals surface area contributed by atoms with Gasteiger partial charge in [0.05, 0.1) is 47.7 Å². The summed E-state index contributed by atoms with van der Waals surface area (Å²) in [7, 11) is 0. The van der Waals surface area contributed by atoms with E-state index in [9.17, 15) is 14.4 Å². The Morgan fingerprint density at radius 1 is 1.19 bits per heavy atom. The van der Waals surface area contributed by atoms with Gasteiger partial charge in [-0.25, -0.2) is 14.6 Å². The molecule has 1 aliphatic heterocycles. The molecule has 0 aliphatic carbocycles. The Kier molecular flexibility index (Phi) is 5.96. The highest BCUT2D eigenvalue weighted by Gasteiger charge is 2.34. The van der Waals surface area contributed by atoms with Crippen molar-refractivity contribution < 1.29 is 14.3 Å². The maximum atomic E-state index is 13.1. The van der Waals surface area contributed by atoms with E-state index in [0.717, 1.165) is 5.56 Å². The highest BCUT2D eigenvalue weighted by atomic mass is 35.5. The monoisotopic (exact) mass is 452 g/mol. The van der Waals surface area contributed by atoms with E-state index in [1.165, 1.54) is 10.9 Å². The van der Waals surface area contributed by atoms with E-state index in [1.807, 2.05) is 13.0 Å². The molecule has 0 spiro atoms. The van der Waals surface area contributed by atoms with Crippen LogP contribution >= 0.6 is 11.6 Å². The number of esters is 1. The van der Waals surface area contributed by atoms with Gasteiger partial charge in [0.15, 0.2) is 0 Å². The molecule has 164 valence electrons. The quantitative estimate of drug-likeness (QED) is 0.578. The van der Waals surface area contributed by atoms with E-state index in [-0.39, 0.29) is 30.0 Å². The maximum absolute atomic E-state index is 13.1. The van der Waals surface area contributed by atoms with Gasteiger partial charge in [-0.15, -0.1) is 0 Å². The molecule has 32 heavy (non-hydrogen) atoms. The van der Waals surface area contributed by atoms with Gasteiger partial charge in [0, 0.05) is 5.02 Å². The lowest BCUT2D eigenvalue weighted by Gasteiger charge is -2.29. The summed E-state index contributed by atoms with van der Waals surface area (Å²) >= 11 is 5.99. The average molecular weight is 453 g/mol. The second-order valence-corrected chi connectivity index (χ2v) is 7.83. The molecule has 0 fully saturated rings. The number of carbonyl (C=O) groups is 2. The highest BCUT2D eigenvalue weighted by Crippen LogP contribution is 2.29. The summed E-state index contributed by atoms with van der Waals surface area (Å²) in [6.07, 6.45) is 1.40. The number of nitrogens with one attached hydrogen (secondary N) is 2. The third kappa shape index (κ3) is 4.22. The Labute approximate surface area is 188 Å². The summed E-state index contributed by atoms with van der Waals surface area (Å²) in [5, 5.41) is 6.41. The van der Waals surface area contributed by atoms with Gasteiger partial charge in [-0.3, -0.25) is 9.36 Å². The number of hydrogen-bond donors (Lipinski definition) is 2. The molecule has 4 rings (SSSR count). The summed E-state index contributed by atoms with van der Waals surface area (Å²) in [4.78, 5) is 42.8. The van der Waals surface area contributed by atoms with Crippen molar-refractivity contribution in [3.8, 4) is 0 Å². The summed E-state index contributed by atoms with van der Waals surface area (Å²) in [5.41, 5.74) is 2.37. The number of aryl methyl sites for hydroxylation is 1. The normalized spacial score (nSPS) is 16.0. The zero-order valence-electron chi connectivity index (χ0n) is 17.5. The molecule has 1 aromatic heterocycles. The van der Waals surface area contributed by atoms with Crippen molar-refractivity contribution in [2.75, 3.05) is 6.61 Å². The second kappa shape index (κ2) is 8.84. The number of aromatic nitrogens is 2. The number of rotatable bonds is 5. The van der Waals surface area contributed by atoms with E-state index >= 15 is 0 Å². The molecule has 0 saturated carbocycles. The van der Waals surface area contributed by atoms with Crippen molar-refractivity contribution >= 4 is 34.5 Å². The van der Waals surface area contributed by atoms with Gasteiger partial charge in [0.2, 0.25) is 0 Å². The van der Waals surface area contributed by atoms with Crippen LogP contribution in [0.4, 0.5) is 4.79 Å². The fraction of sp³-hybridized carbons (Fsp3) is 0.217. The maximum Gasteiger partial charge on any atom is 0.338 e. The largest absolute Gasteiger partial charge is 0.463 e. The van der Waals surface area contributed by atoms with E-state index in [4.69, 9.17) is 16.3 Å². The van der Waals surface area contributed by atoms with Gasteiger partial charge in [-0.05, 0) is 43.7 Å². The summed E-state index contributed by atoms with van der Waals surface area (Å²) in [5.74, 6) is -0.590. The van der Waals surface area contributed by atoms with Crippen molar-refractivity contribution in [2.24, 2.45) is 0 Å². The molecule has 2 amide bonds. The van der Waals surface area contributed by atoms with Crippen LogP contribution in [0.1, 0.15) is 24.1 Å². The van der Waals surface area contributed by atoms with Crippen LogP contribution in [0.3, 0.4) is 0 Å². The molecule has 1 atom stereocenters. The highest BCUT2D eigenvalue weighted by molar-refractivity contribution is 6.30. The Bertz CT molecular complexity index is 1300. The molecule has 9 heteroatoms. The molecule has 2 aromatic carbocycles. The summed E-state index contributed by atoms with van der Waals surface area (Å²) in [6, 6.07) is 11.0. The number of urea groups is 1. The van der Waals surface area contributed by atoms with Crippen LogP contribution in [0.2, 0.25) is 5.02 Å². The molecular formula is C23H21ClN4O4. The summed E-state index contributed by atoms with van der Waals surface area (Å²) < 4.78 is 6.62. The van der Waals surface area contributed by atoms with Crippen LogP contribution in [-0.2, 0) is 16.1 Å². The van der Waals surface area contributed by atoms with Crippen molar-refractivity contribution in [1.29, 1.82) is 0 Å². The van der Waals surface area contributed by atoms with Crippen LogP contribution in [0.15, 0.2) is 64.9 Å². The first-order valence-corrected chi connectivity index (χ1v) is 10.4. The Balaban J connectivity index is 1.83. The van der Waals surface area contributed by atoms with Gasteiger partial charge >= 0.3 is 12.0 Å². The van der Waals surface area contributed by atoms with E-state index < -0.39 is 18.0 Å². The van der Waals surface area contributed by atoms with Crippen molar-refractivity contribution in [1.82, 2.24) is 20.2 Å². The lowest BCUT2D eigenvalue weighted by Crippen LogP contribution is -2.47. The standard InChI is InChI=1S/C23H21ClN4O4/c1-3-32-22(30)19-18(26-23(31)27-20(19)14-5-7-15(24)8-6-14)11-28-12-25-17-9-4-13(2)10-16(17)21(28)29/h4-10,12,20H,3,11H2,1-2H3,(H2,26,27,31). The number of ether oxygens (including phenoxy) is 1. The van der Waals surface area contributed by atoms with Gasteiger partial charge in [0.25, 0.3) is 5.56 Å². The Morgan fingerprint density at radius 3 is 2.66 bits per heavy atom. The van der Waals surface area contributed by atoms with Crippen LogP contribution in [0.5, 0.6) is 0 Å². The summed E-state index contributed by atoms with van der Waals surface area (Å²) in [6.45, 7) is 3.70. The molecular weight excluding hydrogens is 432 g/mol. The van der Waals surface area contributed by atoms with E-state index in [0.29, 0.717) is 21.5 Å². The molecule has 2 heterocycles. The number of amides is 2. The number of hydrogen-bond acceptors (Lipinski definition) is 5. The predicted molar refractivity (Wildman–Crippen MR) is 120 cm³/mol. The number of allylic oxidation sites excluding steroid dienone is 1. The zero-order chi connectivity index (χ0) is 22.8. The van der Waals surface area contributed by atoms with Gasteiger partial charge < -0.3 is 15.4 Å². The van der Waals surface area contributed by atoms with Gasteiger partial charge in [-0.1, -0.05) is 35.4 Å². The SMILES string of the molecule is CCOC(=O)C1=C(Cn2cnc3ccc(C)cc3c2=O)NC(=O)NC1c1ccc(Cl)cc1. The Morgan fingerprint density at radius 2 is 1.94 bits per heavy atom. The number of nitrogens with zero attached hydrogens (tertiary/aromatic N) is 2.